The molecule has 0 fully saturated rings. The summed E-state index contributed by atoms with van der Waals surface area (Å²) in [5.41, 5.74) is 5.05. The zero-order valence-corrected chi connectivity index (χ0v) is 15.8. The maximum atomic E-state index is 10.8. The number of carbonyl (C=O) groups is 1. The number of halogens is 1. The molecule has 3 heteroatoms. The Labute approximate surface area is 146 Å². The molecule has 0 aliphatic rings. The number of rotatable bonds is 3. The van der Waals surface area contributed by atoms with Gasteiger partial charge in [-0.15, -0.1) is 0 Å². The highest BCUT2D eigenvalue weighted by Crippen LogP contribution is 2.16. The van der Waals surface area contributed by atoms with Crippen LogP contribution in [0, 0.1) is 17.4 Å². The fourth-order valence-corrected chi connectivity index (χ4v) is 3.05. The third-order valence-corrected chi connectivity index (χ3v) is 5.15. The Morgan fingerprint density at radius 1 is 0.955 bits per heavy atom. The number of hydrogen-bond acceptors (Lipinski definition) is 1. The summed E-state index contributed by atoms with van der Waals surface area (Å²) >= 11 is 2.40. The lowest BCUT2D eigenvalue weighted by Gasteiger charge is -2.05. The summed E-state index contributed by atoms with van der Waals surface area (Å²) < 4.78 is 1.42. The van der Waals surface area contributed by atoms with Crippen molar-refractivity contribution < 1.29 is 9.90 Å². The molecule has 2 nitrogen and oxygen atoms in total. The molecule has 0 amide bonds. The van der Waals surface area contributed by atoms with Crippen LogP contribution in [0.3, 0.4) is 0 Å². The van der Waals surface area contributed by atoms with E-state index >= 15 is 0 Å². The van der Waals surface area contributed by atoms with Crippen LogP contribution in [0.15, 0.2) is 36.4 Å². The predicted octanol–water partition coefficient (Wildman–Crippen LogP) is 5.42. The Balaban J connectivity index is 0.000000224. The van der Waals surface area contributed by atoms with Crippen LogP contribution in [0.5, 0.6) is 0 Å². The Bertz CT molecular complexity index is 648. The van der Waals surface area contributed by atoms with Gasteiger partial charge in [-0.25, -0.2) is 4.79 Å². The molecule has 1 N–H and O–H groups in total. The third kappa shape index (κ3) is 4.83. The van der Waals surface area contributed by atoms with Crippen LogP contribution in [0.25, 0.3) is 0 Å². The van der Waals surface area contributed by atoms with Crippen LogP contribution in [0.2, 0.25) is 0 Å². The van der Waals surface area contributed by atoms with Crippen LogP contribution < -0.4 is 0 Å². The Hall–Kier alpha value is -1.36. The highest BCUT2D eigenvalue weighted by atomic mass is 127. The topological polar surface area (TPSA) is 37.3 Å². The second-order valence-corrected chi connectivity index (χ2v) is 6.25. The van der Waals surface area contributed by atoms with Gasteiger partial charge in [-0.1, -0.05) is 50.2 Å². The predicted molar refractivity (Wildman–Crippen MR) is 101 cm³/mol. The molecule has 0 saturated carbocycles. The third-order valence-electron chi connectivity index (χ3n) is 3.61. The van der Waals surface area contributed by atoms with Gasteiger partial charge in [0.2, 0.25) is 0 Å². The second kappa shape index (κ2) is 8.93. The van der Waals surface area contributed by atoms with Crippen LogP contribution >= 0.6 is 22.6 Å². The fraction of sp³-hybridized carbons (Fsp3) is 0.316. The Morgan fingerprint density at radius 2 is 1.45 bits per heavy atom. The van der Waals surface area contributed by atoms with Gasteiger partial charge < -0.3 is 5.11 Å². The molecular weight excluding hydrogens is 387 g/mol. The van der Waals surface area contributed by atoms with E-state index in [-0.39, 0.29) is 0 Å². The van der Waals surface area contributed by atoms with E-state index in [1.165, 1.54) is 14.7 Å². The van der Waals surface area contributed by atoms with Gasteiger partial charge in [-0.05, 0) is 71.5 Å². The summed E-state index contributed by atoms with van der Waals surface area (Å²) in [6.07, 6.45) is 1.91. The molecule has 2 aromatic carbocycles. The molecule has 2 aromatic rings. The van der Waals surface area contributed by atoms with Crippen LogP contribution in [0.1, 0.15) is 46.5 Å². The van der Waals surface area contributed by atoms with Gasteiger partial charge in [-0.3, -0.25) is 0 Å². The molecule has 0 aromatic heterocycles. The summed E-state index contributed by atoms with van der Waals surface area (Å²) in [6.45, 7) is 8.13. The molecule has 22 heavy (non-hydrogen) atoms. The van der Waals surface area contributed by atoms with Gasteiger partial charge >= 0.3 is 5.97 Å². The number of hydrogen-bond donors (Lipinski definition) is 1. The van der Waals surface area contributed by atoms with E-state index < -0.39 is 5.97 Å². The highest BCUT2D eigenvalue weighted by molar-refractivity contribution is 14.1. The maximum Gasteiger partial charge on any atom is 0.336 e. The van der Waals surface area contributed by atoms with Crippen molar-refractivity contribution in [3.05, 3.63) is 67.8 Å². The Morgan fingerprint density at radius 3 is 1.86 bits per heavy atom. The molecule has 0 unspecified atom stereocenters. The quantitative estimate of drug-likeness (QED) is 0.687. The molecule has 0 aliphatic heterocycles. The summed E-state index contributed by atoms with van der Waals surface area (Å²) in [5.74, 6) is -0.829. The molecule has 0 heterocycles. The van der Waals surface area contributed by atoms with E-state index in [1.54, 1.807) is 0 Å². The van der Waals surface area contributed by atoms with Crippen molar-refractivity contribution in [2.75, 3.05) is 0 Å². The van der Waals surface area contributed by atoms with Gasteiger partial charge in [0.05, 0.1) is 5.56 Å². The van der Waals surface area contributed by atoms with Crippen LogP contribution in [-0.2, 0) is 12.8 Å². The number of aromatic carboxylic acids is 1. The van der Waals surface area contributed by atoms with Gasteiger partial charge in [0.25, 0.3) is 0 Å². The van der Waals surface area contributed by atoms with Gasteiger partial charge in [0.1, 0.15) is 0 Å². The van der Waals surface area contributed by atoms with Crippen molar-refractivity contribution in [3.63, 3.8) is 0 Å². The average molecular weight is 410 g/mol. The smallest absolute Gasteiger partial charge is 0.336 e. The first-order valence-corrected chi connectivity index (χ1v) is 8.55. The van der Waals surface area contributed by atoms with Gasteiger partial charge in [0.15, 0.2) is 0 Å². The van der Waals surface area contributed by atoms with E-state index in [0.717, 1.165) is 24.0 Å². The minimum absolute atomic E-state index is 0.458. The number of carboxylic acid groups (broad SMARTS) is 1. The first-order chi connectivity index (χ1) is 10.4. The molecule has 0 saturated heterocycles. The van der Waals surface area contributed by atoms with E-state index in [1.807, 2.05) is 32.0 Å². The van der Waals surface area contributed by atoms with Crippen LogP contribution in [-0.4, -0.2) is 11.1 Å². The monoisotopic (exact) mass is 410 g/mol. The first kappa shape index (κ1) is 18.7. The van der Waals surface area contributed by atoms with Gasteiger partial charge in [-0.2, -0.15) is 0 Å². The molecule has 2 rings (SSSR count). The molecule has 0 spiro atoms. The molecule has 118 valence electrons. The largest absolute Gasteiger partial charge is 0.478 e. The van der Waals surface area contributed by atoms with Crippen molar-refractivity contribution in [2.24, 2.45) is 0 Å². The average Bonchev–Trinajstić information content (AvgIpc) is 2.50. The van der Waals surface area contributed by atoms with Gasteiger partial charge in [0, 0.05) is 3.57 Å². The molecular formula is C19H23IO2. The van der Waals surface area contributed by atoms with Crippen molar-refractivity contribution in [1.82, 2.24) is 0 Å². The fourth-order valence-electron chi connectivity index (χ4n) is 2.31. The maximum absolute atomic E-state index is 10.8. The van der Waals surface area contributed by atoms with Crippen molar-refractivity contribution >= 4 is 28.6 Å². The SMILES string of the molecule is CCc1cccc(C)c1C(=O)O.CCc1cccc(C)c1I. The standard InChI is InChI=1S/C10H12O2.C9H11I/c1-3-8-6-4-5-7(2)9(8)10(11)12;1-3-8-6-4-5-7(2)9(8)10/h4-6H,3H2,1-2H3,(H,11,12);4-6H,3H2,1-2H3. The zero-order valence-electron chi connectivity index (χ0n) is 13.6. The van der Waals surface area contributed by atoms with E-state index in [4.69, 9.17) is 5.11 Å². The lowest BCUT2D eigenvalue weighted by atomic mass is 10.0. The lowest BCUT2D eigenvalue weighted by Crippen LogP contribution is -2.04. The van der Waals surface area contributed by atoms with E-state index in [2.05, 4.69) is 54.6 Å². The lowest BCUT2D eigenvalue weighted by molar-refractivity contribution is 0.0695. The second-order valence-electron chi connectivity index (χ2n) is 5.17. The van der Waals surface area contributed by atoms with Crippen molar-refractivity contribution in [2.45, 2.75) is 40.5 Å². The van der Waals surface area contributed by atoms with Crippen molar-refractivity contribution in [1.29, 1.82) is 0 Å². The molecule has 0 atom stereocenters. The minimum Gasteiger partial charge on any atom is -0.478 e. The first-order valence-electron chi connectivity index (χ1n) is 7.48. The zero-order chi connectivity index (χ0) is 16.7. The Kier molecular flexibility index (Phi) is 7.59. The summed E-state index contributed by atoms with van der Waals surface area (Å²) in [6, 6.07) is 12.0. The van der Waals surface area contributed by atoms with E-state index in [0.29, 0.717) is 5.56 Å². The molecule has 0 aliphatic carbocycles. The molecule has 0 radical (unpaired) electrons. The summed E-state index contributed by atoms with van der Waals surface area (Å²) in [5, 5.41) is 8.88. The van der Waals surface area contributed by atoms with E-state index in [9.17, 15) is 4.79 Å². The van der Waals surface area contributed by atoms with Crippen molar-refractivity contribution in [3.8, 4) is 0 Å². The number of aryl methyl sites for hydroxylation is 4. The van der Waals surface area contributed by atoms with Crippen LogP contribution in [0.4, 0.5) is 0 Å². The molecule has 0 bridgehead atoms. The number of benzene rings is 2. The highest BCUT2D eigenvalue weighted by Gasteiger charge is 2.10. The summed E-state index contributed by atoms with van der Waals surface area (Å²) in [4.78, 5) is 10.8. The summed E-state index contributed by atoms with van der Waals surface area (Å²) in [7, 11) is 0. The number of carboxylic acids is 1. The normalized spacial score (nSPS) is 9.86. The minimum atomic E-state index is -0.829.